The molecule has 0 rings (SSSR count). The molecule has 2 atom stereocenters. The fourth-order valence-electron chi connectivity index (χ4n) is 1.25. The maximum Gasteiger partial charge on any atom is 0.220 e. The first-order chi connectivity index (χ1) is 7.01. The Kier molecular flexibility index (Phi) is 7.34. The van der Waals surface area contributed by atoms with E-state index in [1.165, 1.54) is 0 Å². The summed E-state index contributed by atoms with van der Waals surface area (Å²) in [7, 11) is 1.64. The van der Waals surface area contributed by atoms with Crippen LogP contribution in [-0.2, 0) is 9.53 Å². The number of nitrogens with one attached hydrogen (secondary N) is 1. The molecule has 1 amide bonds. The molecule has 0 aromatic rings. The fourth-order valence-corrected chi connectivity index (χ4v) is 1.25. The molecule has 0 radical (unpaired) electrons. The molecule has 0 aromatic heterocycles. The average molecular weight is 216 g/mol. The first-order valence-electron chi connectivity index (χ1n) is 5.49. The number of hydrogen-bond acceptors (Lipinski definition) is 3. The molecule has 0 fully saturated rings. The summed E-state index contributed by atoms with van der Waals surface area (Å²) in [6, 6.07) is 0.0903. The molecular formula is C11H24N2O2. The topological polar surface area (TPSA) is 64.3 Å². The van der Waals surface area contributed by atoms with Crippen LogP contribution in [0.1, 0.15) is 27.2 Å². The minimum atomic E-state index is 0.0590. The Morgan fingerprint density at radius 2 is 2.00 bits per heavy atom. The molecule has 0 saturated carbocycles. The highest BCUT2D eigenvalue weighted by Crippen LogP contribution is 2.04. The highest BCUT2D eigenvalue weighted by atomic mass is 16.5. The van der Waals surface area contributed by atoms with Crippen LogP contribution in [0.25, 0.3) is 0 Å². The third-order valence-corrected chi connectivity index (χ3v) is 2.43. The Morgan fingerprint density at radius 1 is 1.40 bits per heavy atom. The summed E-state index contributed by atoms with van der Waals surface area (Å²) in [5.41, 5.74) is 5.46. The first-order valence-corrected chi connectivity index (χ1v) is 5.49. The summed E-state index contributed by atoms with van der Waals surface area (Å²) in [6.45, 7) is 7.21. The van der Waals surface area contributed by atoms with Crippen LogP contribution in [0.5, 0.6) is 0 Å². The van der Waals surface area contributed by atoms with E-state index in [0.717, 1.165) is 0 Å². The maximum atomic E-state index is 11.6. The van der Waals surface area contributed by atoms with Crippen molar-refractivity contribution in [2.24, 2.45) is 17.6 Å². The van der Waals surface area contributed by atoms with Crippen LogP contribution in [0.2, 0.25) is 0 Å². The van der Waals surface area contributed by atoms with Gasteiger partial charge in [0.15, 0.2) is 0 Å². The maximum absolute atomic E-state index is 11.6. The number of nitrogens with two attached hydrogens (primary N) is 1. The molecule has 0 aliphatic heterocycles. The lowest BCUT2D eigenvalue weighted by atomic mass is 10.0. The molecule has 0 aliphatic rings. The Balaban J connectivity index is 3.99. The van der Waals surface area contributed by atoms with Crippen molar-refractivity contribution in [1.82, 2.24) is 5.32 Å². The zero-order valence-corrected chi connectivity index (χ0v) is 10.2. The minimum Gasteiger partial charge on any atom is -0.383 e. The van der Waals surface area contributed by atoms with Crippen LogP contribution in [0.3, 0.4) is 0 Å². The van der Waals surface area contributed by atoms with Crippen LogP contribution >= 0.6 is 0 Å². The van der Waals surface area contributed by atoms with E-state index in [1.807, 2.05) is 6.92 Å². The van der Waals surface area contributed by atoms with Gasteiger partial charge >= 0.3 is 0 Å². The lowest BCUT2D eigenvalue weighted by molar-refractivity contribution is -0.123. The summed E-state index contributed by atoms with van der Waals surface area (Å²) < 4.78 is 5.06. The molecule has 4 nitrogen and oxygen atoms in total. The zero-order valence-electron chi connectivity index (χ0n) is 10.2. The van der Waals surface area contributed by atoms with Gasteiger partial charge in [-0.15, -0.1) is 0 Å². The van der Waals surface area contributed by atoms with Crippen molar-refractivity contribution in [1.29, 1.82) is 0 Å². The highest BCUT2D eigenvalue weighted by molar-refractivity contribution is 5.76. The van der Waals surface area contributed by atoms with E-state index in [2.05, 4.69) is 19.2 Å². The van der Waals surface area contributed by atoms with Crippen LogP contribution in [0.4, 0.5) is 0 Å². The first kappa shape index (κ1) is 14.4. The van der Waals surface area contributed by atoms with Crippen LogP contribution < -0.4 is 11.1 Å². The smallest absolute Gasteiger partial charge is 0.220 e. The SMILES string of the molecule is COCC(NC(=O)CC(C)CN)C(C)C. The molecule has 15 heavy (non-hydrogen) atoms. The standard InChI is InChI=1S/C11H24N2O2/c1-8(2)10(7-15-4)13-11(14)5-9(3)6-12/h8-10H,5-7,12H2,1-4H3,(H,13,14). The number of hydrogen-bond donors (Lipinski definition) is 2. The minimum absolute atomic E-state index is 0.0590. The molecular weight excluding hydrogens is 192 g/mol. The molecule has 0 spiro atoms. The Labute approximate surface area is 92.6 Å². The number of amides is 1. The predicted molar refractivity (Wildman–Crippen MR) is 61.5 cm³/mol. The van der Waals surface area contributed by atoms with Gasteiger partial charge in [-0.1, -0.05) is 20.8 Å². The van der Waals surface area contributed by atoms with Gasteiger partial charge in [-0.3, -0.25) is 4.79 Å². The highest BCUT2D eigenvalue weighted by Gasteiger charge is 2.16. The average Bonchev–Trinajstić information content (AvgIpc) is 2.16. The van der Waals surface area contributed by atoms with Gasteiger partial charge in [0.2, 0.25) is 5.91 Å². The molecule has 0 aromatic carbocycles. The van der Waals surface area contributed by atoms with Crippen molar-refractivity contribution in [2.45, 2.75) is 33.2 Å². The molecule has 2 unspecified atom stereocenters. The predicted octanol–water partition coefficient (Wildman–Crippen LogP) is 0.759. The Bertz CT molecular complexity index is 183. The van der Waals surface area contributed by atoms with E-state index in [9.17, 15) is 4.79 Å². The van der Waals surface area contributed by atoms with E-state index < -0.39 is 0 Å². The van der Waals surface area contributed by atoms with Gasteiger partial charge in [0.1, 0.15) is 0 Å². The van der Waals surface area contributed by atoms with Crippen molar-refractivity contribution in [3.8, 4) is 0 Å². The number of methoxy groups -OCH3 is 1. The van der Waals surface area contributed by atoms with E-state index in [0.29, 0.717) is 25.5 Å². The van der Waals surface area contributed by atoms with Crippen LogP contribution in [-0.4, -0.2) is 32.2 Å². The lowest BCUT2D eigenvalue weighted by Crippen LogP contribution is -2.42. The van der Waals surface area contributed by atoms with E-state index in [4.69, 9.17) is 10.5 Å². The molecule has 0 aliphatic carbocycles. The van der Waals surface area contributed by atoms with Crippen molar-refractivity contribution in [3.63, 3.8) is 0 Å². The molecule has 0 heterocycles. The van der Waals surface area contributed by atoms with Gasteiger partial charge < -0.3 is 15.8 Å². The molecule has 0 bridgehead atoms. The van der Waals surface area contributed by atoms with Gasteiger partial charge in [0.05, 0.1) is 12.6 Å². The largest absolute Gasteiger partial charge is 0.383 e. The van der Waals surface area contributed by atoms with Crippen molar-refractivity contribution in [2.75, 3.05) is 20.3 Å². The second-order valence-corrected chi connectivity index (χ2v) is 4.42. The lowest BCUT2D eigenvalue weighted by Gasteiger charge is -2.22. The van der Waals surface area contributed by atoms with Gasteiger partial charge in [0, 0.05) is 13.5 Å². The molecule has 3 N–H and O–H groups in total. The summed E-state index contributed by atoms with van der Waals surface area (Å²) in [4.78, 5) is 11.6. The van der Waals surface area contributed by atoms with E-state index in [-0.39, 0.29) is 17.9 Å². The number of carbonyl (C=O) groups excluding carboxylic acids is 1. The molecule has 90 valence electrons. The summed E-state index contributed by atoms with van der Waals surface area (Å²) >= 11 is 0. The van der Waals surface area contributed by atoms with Gasteiger partial charge in [-0.05, 0) is 18.4 Å². The zero-order chi connectivity index (χ0) is 11.8. The Hall–Kier alpha value is -0.610. The summed E-state index contributed by atoms with van der Waals surface area (Å²) in [5, 5.41) is 2.96. The van der Waals surface area contributed by atoms with E-state index in [1.54, 1.807) is 7.11 Å². The van der Waals surface area contributed by atoms with E-state index >= 15 is 0 Å². The third-order valence-electron chi connectivity index (χ3n) is 2.43. The summed E-state index contributed by atoms with van der Waals surface area (Å²) in [6.07, 6.45) is 0.490. The molecule has 0 saturated heterocycles. The quantitative estimate of drug-likeness (QED) is 0.660. The second kappa shape index (κ2) is 7.65. The number of carbonyl (C=O) groups is 1. The second-order valence-electron chi connectivity index (χ2n) is 4.42. The van der Waals surface area contributed by atoms with Crippen LogP contribution in [0.15, 0.2) is 0 Å². The fraction of sp³-hybridized carbons (Fsp3) is 0.909. The summed E-state index contributed by atoms with van der Waals surface area (Å²) in [5.74, 6) is 0.672. The Morgan fingerprint density at radius 3 is 2.40 bits per heavy atom. The van der Waals surface area contributed by atoms with Crippen LogP contribution in [0, 0.1) is 11.8 Å². The van der Waals surface area contributed by atoms with Crippen molar-refractivity contribution < 1.29 is 9.53 Å². The molecule has 4 heteroatoms. The monoisotopic (exact) mass is 216 g/mol. The third kappa shape index (κ3) is 6.47. The van der Waals surface area contributed by atoms with Gasteiger partial charge in [-0.25, -0.2) is 0 Å². The van der Waals surface area contributed by atoms with Crippen molar-refractivity contribution >= 4 is 5.91 Å². The normalized spacial score (nSPS) is 15.1. The number of rotatable bonds is 7. The number of ether oxygens (including phenoxy) is 1. The van der Waals surface area contributed by atoms with Gasteiger partial charge in [0.25, 0.3) is 0 Å². The van der Waals surface area contributed by atoms with Crippen molar-refractivity contribution in [3.05, 3.63) is 0 Å². The van der Waals surface area contributed by atoms with Gasteiger partial charge in [-0.2, -0.15) is 0 Å².